The number of aromatic nitrogens is 1. The number of nitrogens with zero attached hydrogens (tertiary/aromatic N) is 3. The third kappa shape index (κ3) is 6.60. The zero-order chi connectivity index (χ0) is 23.0. The summed E-state index contributed by atoms with van der Waals surface area (Å²) in [6.07, 6.45) is 12.3. The zero-order valence-corrected chi connectivity index (χ0v) is 19.0. The van der Waals surface area contributed by atoms with Gasteiger partial charge in [-0.3, -0.25) is 19.7 Å². The zero-order valence-electron chi connectivity index (χ0n) is 19.0. The minimum atomic E-state index is -0.199. The van der Waals surface area contributed by atoms with Crippen molar-refractivity contribution < 1.29 is 9.53 Å². The Morgan fingerprint density at radius 1 is 1.30 bits per heavy atom. The summed E-state index contributed by atoms with van der Waals surface area (Å²) >= 11 is 0. The Balaban J connectivity index is 1.39. The molecule has 33 heavy (non-hydrogen) atoms. The number of ether oxygens (including phenoxy) is 1. The molecule has 1 saturated carbocycles. The lowest BCUT2D eigenvalue weighted by Crippen LogP contribution is -2.35. The SMILES string of the molecule is Cc1cc(NC(=O)/C=C/c2cnccc2C(C=NC2CC2)=CN)ccc1CN1CCOCC1. The van der Waals surface area contributed by atoms with Gasteiger partial charge in [0.2, 0.25) is 5.91 Å². The van der Waals surface area contributed by atoms with Gasteiger partial charge >= 0.3 is 0 Å². The summed E-state index contributed by atoms with van der Waals surface area (Å²) in [5.74, 6) is -0.199. The molecule has 7 heteroatoms. The van der Waals surface area contributed by atoms with Crippen LogP contribution in [0.1, 0.15) is 35.1 Å². The number of anilines is 1. The molecule has 0 unspecified atom stereocenters. The van der Waals surface area contributed by atoms with E-state index in [1.165, 1.54) is 11.6 Å². The molecule has 2 aliphatic rings. The van der Waals surface area contributed by atoms with Gasteiger partial charge in [-0.1, -0.05) is 6.07 Å². The molecular formula is C26H31N5O2. The minimum Gasteiger partial charge on any atom is -0.404 e. The van der Waals surface area contributed by atoms with Crippen molar-refractivity contribution in [1.29, 1.82) is 0 Å². The van der Waals surface area contributed by atoms with Crippen molar-refractivity contribution in [3.63, 3.8) is 0 Å². The molecule has 0 radical (unpaired) electrons. The number of aryl methyl sites for hydroxylation is 1. The predicted octanol–water partition coefficient (Wildman–Crippen LogP) is 3.41. The van der Waals surface area contributed by atoms with Crippen LogP contribution in [-0.4, -0.2) is 54.4 Å². The lowest BCUT2D eigenvalue weighted by atomic mass is 10.0. The smallest absolute Gasteiger partial charge is 0.248 e. The van der Waals surface area contributed by atoms with Crippen molar-refractivity contribution in [3.8, 4) is 0 Å². The van der Waals surface area contributed by atoms with Gasteiger partial charge in [-0.25, -0.2) is 0 Å². The van der Waals surface area contributed by atoms with E-state index in [2.05, 4.69) is 33.2 Å². The Labute approximate surface area is 195 Å². The summed E-state index contributed by atoms with van der Waals surface area (Å²) in [6, 6.07) is 8.34. The van der Waals surface area contributed by atoms with Gasteiger partial charge in [-0.15, -0.1) is 0 Å². The topological polar surface area (TPSA) is 92.8 Å². The highest BCUT2D eigenvalue weighted by Gasteiger charge is 2.19. The molecule has 2 aromatic rings. The third-order valence-electron chi connectivity index (χ3n) is 5.84. The molecule has 7 nitrogen and oxygen atoms in total. The fourth-order valence-corrected chi connectivity index (χ4v) is 3.71. The second-order valence-corrected chi connectivity index (χ2v) is 8.45. The van der Waals surface area contributed by atoms with E-state index in [4.69, 9.17) is 10.5 Å². The average molecular weight is 446 g/mol. The van der Waals surface area contributed by atoms with E-state index >= 15 is 0 Å². The second-order valence-electron chi connectivity index (χ2n) is 8.45. The molecule has 0 spiro atoms. The molecule has 2 heterocycles. The third-order valence-corrected chi connectivity index (χ3v) is 5.84. The molecule has 0 atom stereocenters. The van der Waals surface area contributed by atoms with Crippen LogP contribution in [0.4, 0.5) is 5.69 Å². The molecular weight excluding hydrogens is 414 g/mol. The largest absolute Gasteiger partial charge is 0.404 e. The highest BCUT2D eigenvalue weighted by atomic mass is 16.5. The lowest BCUT2D eigenvalue weighted by molar-refractivity contribution is -0.111. The lowest BCUT2D eigenvalue weighted by Gasteiger charge is -2.27. The highest BCUT2D eigenvalue weighted by molar-refractivity contribution is 6.11. The number of allylic oxidation sites excluding steroid dienone is 1. The van der Waals surface area contributed by atoms with Crippen LogP contribution >= 0.6 is 0 Å². The van der Waals surface area contributed by atoms with Crippen molar-refractivity contribution in [2.75, 3.05) is 31.6 Å². The van der Waals surface area contributed by atoms with Crippen LogP contribution in [0.3, 0.4) is 0 Å². The molecule has 2 fully saturated rings. The standard InChI is InChI=1S/C26H31N5O2/c1-19-14-24(4-2-21(19)18-31-10-12-33-13-11-31)30-26(32)7-3-20-16-28-9-8-25(20)22(15-27)17-29-23-5-6-23/h2-4,7-9,14-17,23H,5-6,10-13,18,27H2,1H3,(H,30,32)/b7-3+,22-15?,29-17?. The highest BCUT2D eigenvalue weighted by Crippen LogP contribution is 2.25. The van der Waals surface area contributed by atoms with Crippen molar-refractivity contribution >= 4 is 29.5 Å². The van der Waals surface area contributed by atoms with Crippen LogP contribution in [-0.2, 0) is 16.1 Å². The number of aliphatic imine (C=N–C) groups is 1. The molecule has 172 valence electrons. The van der Waals surface area contributed by atoms with Crippen LogP contribution in [0.2, 0.25) is 0 Å². The Morgan fingerprint density at radius 2 is 2.12 bits per heavy atom. The van der Waals surface area contributed by atoms with Crippen LogP contribution in [0.5, 0.6) is 0 Å². The molecule has 1 aromatic carbocycles. The van der Waals surface area contributed by atoms with Gasteiger partial charge < -0.3 is 15.8 Å². The Kier molecular flexibility index (Phi) is 7.65. The van der Waals surface area contributed by atoms with E-state index in [0.29, 0.717) is 6.04 Å². The number of morpholine rings is 1. The number of nitrogens with one attached hydrogen (secondary N) is 1. The maximum atomic E-state index is 12.6. The average Bonchev–Trinajstić information content (AvgIpc) is 3.66. The number of nitrogens with two attached hydrogens (primary N) is 1. The fourth-order valence-electron chi connectivity index (χ4n) is 3.71. The first-order chi connectivity index (χ1) is 16.1. The number of rotatable bonds is 8. The van der Waals surface area contributed by atoms with Gasteiger partial charge in [0.15, 0.2) is 0 Å². The van der Waals surface area contributed by atoms with Gasteiger partial charge in [0, 0.05) is 67.3 Å². The van der Waals surface area contributed by atoms with Gasteiger partial charge in [-0.2, -0.15) is 0 Å². The first-order valence-electron chi connectivity index (χ1n) is 11.4. The maximum absolute atomic E-state index is 12.6. The molecule has 0 bridgehead atoms. The Bertz CT molecular complexity index is 1070. The number of benzene rings is 1. The predicted molar refractivity (Wildman–Crippen MR) is 133 cm³/mol. The molecule has 4 rings (SSSR count). The second kappa shape index (κ2) is 11.0. The van der Waals surface area contributed by atoms with E-state index in [9.17, 15) is 4.79 Å². The fraction of sp³-hybridized carbons (Fsp3) is 0.346. The minimum absolute atomic E-state index is 0.199. The summed E-state index contributed by atoms with van der Waals surface area (Å²) in [5.41, 5.74) is 11.6. The van der Waals surface area contributed by atoms with Crippen LogP contribution in [0.25, 0.3) is 11.6 Å². The van der Waals surface area contributed by atoms with Gasteiger partial charge in [0.25, 0.3) is 0 Å². The van der Waals surface area contributed by atoms with E-state index in [1.54, 1.807) is 24.7 Å². The Hall–Kier alpha value is -3.29. The summed E-state index contributed by atoms with van der Waals surface area (Å²) in [6.45, 7) is 6.45. The molecule has 3 N–H and O–H groups in total. The molecule has 1 aromatic heterocycles. The maximum Gasteiger partial charge on any atom is 0.248 e. The van der Waals surface area contributed by atoms with Crippen molar-refractivity contribution in [1.82, 2.24) is 9.88 Å². The van der Waals surface area contributed by atoms with Crippen molar-refractivity contribution in [2.24, 2.45) is 10.7 Å². The quantitative estimate of drug-likeness (QED) is 0.480. The van der Waals surface area contributed by atoms with Gasteiger partial charge in [-0.05, 0) is 60.7 Å². The van der Waals surface area contributed by atoms with Crippen LogP contribution in [0, 0.1) is 6.92 Å². The van der Waals surface area contributed by atoms with E-state index < -0.39 is 0 Å². The number of amides is 1. The van der Waals surface area contributed by atoms with E-state index in [-0.39, 0.29) is 5.91 Å². The Morgan fingerprint density at radius 3 is 2.85 bits per heavy atom. The molecule has 1 aliphatic carbocycles. The first-order valence-corrected chi connectivity index (χ1v) is 11.4. The monoisotopic (exact) mass is 445 g/mol. The number of pyridine rings is 1. The summed E-state index contributed by atoms with van der Waals surface area (Å²) in [7, 11) is 0. The molecule has 1 amide bonds. The van der Waals surface area contributed by atoms with Gasteiger partial charge in [0.05, 0.1) is 19.3 Å². The number of hydrogen-bond donors (Lipinski definition) is 2. The van der Waals surface area contributed by atoms with E-state index in [0.717, 1.165) is 73.6 Å². The van der Waals surface area contributed by atoms with Crippen molar-refractivity contribution in [3.05, 3.63) is 71.2 Å². The van der Waals surface area contributed by atoms with Crippen molar-refractivity contribution in [2.45, 2.75) is 32.4 Å². The van der Waals surface area contributed by atoms with Crippen LogP contribution < -0.4 is 11.1 Å². The number of carbonyl (C=O) groups excluding carboxylic acids is 1. The molecule has 1 aliphatic heterocycles. The summed E-state index contributed by atoms with van der Waals surface area (Å²) in [4.78, 5) is 23.7. The van der Waals surface area contributed by atoms with Gasteiger partial charge in [0.1, 0.15) is 0 Å². The number of hydrogen-bond acceptors (Lipinski definition) is 6. The number of carbonyl (C=O) groups is 1. The van der Waals surface area contributed by atoms with Crippen LogP contribution in [0.15, 0.2) is 53.9 Å². The first kappa shape index (κ1) is 22.9. The normalized spacial score (nSPS) is 17.7. The summed E-state index contributed by atoms with van der Waals surface area (Å²) < 4.78 is 5.42. The molecule has 1 saturated heterocycles. The van der Waals surface area contributed by atoms with E-state index in [1.807, 2.05) is 24.4 Å². The summed E-state index contributed by atoms with van der Waals surface area (Å²) in [5, 5.41) is 2.95.